The maximum Gasteiger partial charge on any atom is 0.129 e. The fourth-order valence-electron chi connectivity index (χ4n) is 1.93. The number of hydrogen-bond donors (Lipinski definition) is 1. The van der Waals surface area contributed by atoms with Gasteiger partial charge in [-0.25, -0.2) is 8.78 Å². The van der Waals surface area contributed by atoms with E-state index in [1.165, 1.54) is 18.2 Å². The van der Waals surface area contributed by atoms with E-state index in [0.29, 0.717) is 6.42 Å². The van der Waals surface area contributed by atoms with Crippen molar-refractivity contribution >= 4 is 27.3 Å². The summed E-state index contributed by atoms with van der Waals surface area (Å²) in [6, 6.07) is 5.87. The molecule has 1 N–H and O–H groups in total. The number of nitrogens with one attached hydrogen (secondary N) is 1. The Bertz CT molecular complexity index is 543. The molecule has 0 spiro atoms. The average molecular weight is 346 g/mol. The van der Waals surface area contributed by atoms with Crippen LogP contribution in [0.1, 0.15) is 21.4 Å². The Morgan fingerprint density at radius 1 is 1.32 bits per heavy atom. The Labute approximate surface area is 123 Å². The van der Waals surface area contributed by atoms with E-state index in [-0.39, 0.29) is 11.6 Å². The number of thiophene rings is 1. The first-order valence-electron chi connectivity index (χ1n) is 5.89. The second-order valence-electron chi connectivity index (χ2n) is 4.30. The van der Waals surface area contributed by atoms with Crippen LogP contribution < -0.4 is 5.32 Å². The lowest BCUT2D eigenvalue weighted by Crippen LogP contribution is -2.19. The molecule has 2 rings (SSSR count). The predicted molar refractivity (Wildman–Crippen MR) is 78.6 cm³/mol. The maximum absolute atomic E-state index is 13.7. The van der Waals surface area contributed by atoms with Crippen LogP contribution in [-0.4, -0.2) is 7.05 Å². The van der Waals surface area contributed by atoms with Crippen LogP contribution in [0.15, 0.2) is 28.7 Å². The van der Waals surface area contributed by atoms with Gasteiger partial charge in [-0.05, 0) is 54.5 Å². The highest BCUT2D eigenvalue weighted by Crippen LogP contribution is 2.32. The van der Waals surface area contributed by atoms with Gasteiger partial charge >= 0.3 is 0 Å². The molecule has 0 saturated heterocycles. The SMILES string of the molecule is CNC(Cc1c(F)cccc1F)c1cc(Br)c(C)s1. The van der Waals surface area contributed by atoms with E-state index >= 15 is 0 Å². The molecule has 0 fully saturated rings. The van der Waals surface area contributed by atoms with E-state index in [4.69, 9.17) is 0 Å². The van der Waals surface area contributed by atoms with Crippen molar-refractivity contribution in [3.63, 3.8) is 0 Å². The molecule has 5 heteroatoms. The third-order valence-electron chi connectivity index (χ3n) is 3.04. The Morgan fingerprint density at radius 3 is 2.42 bits per heavy atom. The largest absolute Gasteiger partial charge is 0.312 e. The van der Waals surface area contributed by atoms with E-state index in [1.54, 1.807) is 18.4 Å². The van der Waals surface area contributed by atoms with Crippen molar-refractivity contribution in [2.24, 2.45) is 0 Å². The summed E-state index contributed by atoms with van der Waals surface area (Å²) in [7, 11) is 1.80. The molecule has 0 radical (unpaired) electrons. The number of aryl methyl sites for hydroxylation is 1. The van der Waals surface area contributed by atoms with Crippen LogP contribution in [0.5, 0.6) is 0 Å². The first-order valence-corrected chi connectivity index (χ1v) is 7.50. The lowest BCUT2D eigenvalue weighted by molar-refractivity contribution is 0.518. The van der Waals surface area contributed by atoms with E-state index in [2.05, 4.69) is 21.2 Å². The minimum Gasteiger partial charge on any atom is -0.312 e. The van der Waals surface area contributed by atoms with Gasteiger partial charge in [0.05, 0.1) is 0 Å². The van der Waals surface area contributed by atoms with Gasteiger partial charge in [0.1, 0.15) is 11.6 Å². The summed E-state index contributed by atoms with van der Waals surface area (Å²) in [5.74, 6) is -0.986. The smallest absolute Gasteiger partial charge is 0.129 e. The fraction of sp³-hybridized carbons (Fsp3) is 0.286. The van der Waals surface area contributed by atoms with Crippen LogP contribution in [0.25, 0.3) is 0 Å². The second-order valence-corrected chi connectivity index (χ2v) is 6.44. The summed E-state index contributed by atoms with van der Waals surface area (Å²) >= 11 is 5.09. The zero-order chi connectivity index (χ0) is 14.0. The molecule has 2 aromatic rings. The molecule has 1 atom stereocenters. The van der Waals surface area contributed by atoms with Crippen molar-refractivity contribution in [1.29, 1.82) is 0 Å². The Kier molecular flexibility index (Phi) is 4.71. The van der Waals surface area contributed by atoms with Crippen LogP contribution in [-0.2, 0) is 6.42 Å². The Hall–Kier alpha value is -0.780. The molecule has 1 nitrogen and oxygen atoms in total. The zero-order valence-electron chi connectivity index (χ0n) is 10.6. The molecule has 0 aliphatic heterocycles. The number of hydrogen-bond acceptors (Lipinski definition) is 2. The second kappa shape index (κ2) is 6.11. The number of rotatable bonds is 4. The highest BCUT2D eigenvalue weighted by molar-refractivity contribution is 9.10. The lowest BCUT2D eigenvalue weighted by Gasteiger charge is -2.15. The van der Waals surface area contributed by atoms with Gasteiger partial charge in [0, 0.05) is 25.8 Å². The van der Waals surface area contributed by atoms with Gasteiger partial charge in [-0.2, -0.15) is 0 Å². The van der Waals surface area contributed by atoms with E-state index in [9.17, 15) is 8.78 Å². The van der Waals surface area contributed by atoms with E-state index in [0.717, 1.165) is 14.2 Å². The fourth-order valence-corrected chi connectivity index (χ4v) is 3.60. The molecule has 0 bridgehead atoms. The summed E-state index contributed by atoms with van der Waals surface area (Å²) < 4.78 is 28.4. The number of likely N-dealkylation sites (N-methyl/N-ethyl adjacent to an activating group) is 1. The van der Waals surface area contributed by atoms with Crippen LogP contribution >= 0.6 is 27.3 Å². The molecular weight excluding hydrogens is 332 g/mol. The first kappa shape index (κ1) is 14.6. The minimum atomic E-state index is -0.493. The third kappa shape index (κ3) is 3.22. The number of halogens is 3. The molecule has 1 aromatic carbocycles. The summed E-state index contributed by atoms with van der Waals surface area (Å²) in [5, 5.41) is 3.12. The number of benzene rings is 1. The Morgan fingerprint density at radius 2 is 1.95 bits per heavy atom. The van der Waals surface area contributed by atoms with Gasteiger partial charge in [-0.3, -0.25) is 0 Å². The van der Waals surface area contributed by atoms with E-state index in [1.807, 2.05) is 13.0 Å². The standard InChI is InChI=1S/C14H14BrF2NS/c1-8-10(15)7-14(19-8)13(18-2)6-9-11(16)4-3-5-12(9)17/h3-5,7,13,18H,6H2,1-2H3. The van der Waals surface area contributed by atoms with Crippen molar-refractivity contribution in [3.05, 3.63) is 55.7 Å². The molecule has 102 valence electrons. The summed E-state index contributed by atoms with van der Waals surface area (Å²) in [6.45, 7) is 2.01. The van der Waals surface area contributed by atoms with Gasteiger partial charge in [0.2, 0.25) is 0 Å². The maximum atomic E-state index is 13.7. The van der Waals surface area contributed by atoms with Gasteiger partial charge in [-0.15, -0.1) is 11.3 Å². The molecule has 19 heavy (non-hydrogen) atoms. The zero-order valence-corrected chi connectivity index (χ0v) is 13.0. The van der Waals surface area contributed by atoms with Gasteiger partial charge in [0.25, 0.3) is 0 Å². The minimum absolute atomic E-state index is 0.0959. The van der Waals surface area contributed by atoms with Crippen molar-refractivity contribution in [3.8, 4) is 0 Å². The Balaban J connectivity index is 2.29. The predicted octanol–water partition coefficient (Wildman–Crippen LogP) is 4.60. The molecule has 0 saturated carbocycles. The first-order chi connectivity index (χ1) is 9.02. The topological polar surface area (TPSA) is 12.0 Å². The molecule has 0 aliphatic carbocycles. The van der Waals surface area contributed by atoms with Crippen molar-refractivity contribution in [2.45, 2.75) is 19.4 Å². The monoisotopic (exact) mass is 345 g/mol. The van der Waals surface area contributed by atoms with Crippen LogP contribution in [0.2, 0.25) is 0 Å². The van der Waals surface area contributed by atoms with Crippen LogP contribution in [0.4, 0.5) is 8.78 Å². The third-order valence-corrected chi connectivity index (χ3v) is 5.29. The lowest BCUT2D eigenvalue weighted by atomic mass is 10.0. The summed E-state index contributed by atoms with van der Waals surface area (Å²) in [5.41, 5.74) is 0.129. The van der Waals surface area contributed by atoms with Crippen molar-refractivity contribution in [1.82, 2.24) is 5.32 Å². The van der Waals surface area contributed by atoms with Gasteiger partial charge in [-0.1, -0.05) is 6.07 Å². The highest BCUT2D eigenvalue weighted by Gasteiger charge is 2.18. The summed E-state index contributed by atoms with van der Waals surface area (Å²) in [6.07, 6.45) is 0.293. The van der Waals surface area contributed by atoms with Crippen LogP contribution in [0, 0.1) is 18.6 Å². The van der Waals surface area contributed by atoms with Crippen molar-refractivity contribution in [2.75, 3.05) is 7.05 Å². The average Bonchev–Trinajstić information content (AvgIpc) is 2.69. The normalized spacial score (nSPS) is 12.7. The van der Waals surface area contributed by atoms with E-state index < -0.39 is 11.6 Å². The molecule has 1 aromatic heterocycles. The quantitative estimate of drug-likeness (QED) is 0.853. The molecule has 1 unspecified atom stereocenters. The van der Waals surface area contributed by atoms with Gasteiger partial charge in [0.15, 0.2) is 0 Å². The highest BCUT2D eigenvalue weighted by atomic mass is 79.9. The molecule has 0 amide bonds. The molecular formula is C14H14BrF2NS. The molecule has 0 aliphatic rings. The van der Waals surface area contributed by atoms with Crippen molar-refractivity contribution < 1.29 is 8.78 Å². The molecule has 1 heterocycles. The summed E-state index contributed by atoms with van der Waals surface area (Å²) in [4.78, 5) is 2.22. The van der Waals surface area contributed by atoms with Gasteiger partial charge < -0.3 is 5.32 Å². The van der Waals surface area contributed by atoms with Crippen LogP contribution in [0.3, 0.4) is 0 Å².